The lowest BCUT2D eigenvalue weighted by atomic mass is 10.0. The van der Waals surface area contributed by atoms with E-state index in [0.29, 0.717) is 0 Å². The molecule has 0 fully saturated rings. The number of hydrogen-bond acceptors (Lipinski definition) is 5. The summed E-state index contributed by atoms with van der Waals surface area (Å²) >= 11 is 0. The molecule has 1 unspecified atom stereocenters. The van der Waals surface area contributed by atoms with E-state index < -0.39 is 0 Å². The van der Waals surface area contributed by atoms with E-state index in [1.165, 1.54) is 17.6 Å². The topological polar surface area (TPSA) is 81.7 Å². The van der Waals surface area contributed by atoms with E-state index in [1.54, 1.807) is 12.4 Å². The second-order valence-corrected chi connectivity index (χ2v) is 4.70. The first-order valence-corrected chi connectivity index (χ1v) is 6.33. The minimum Gasteiger partial charge on any atom is -0.272 e. The van der Waals surface area contributed by atoms with Gasteiger partial charge in [-0.1, -0.05) is 0 Å². The third-order valence-electron chi connectivity index (χ3n) is 3.53. The second-order valence-electron chi connectivity index (χ2n) is 4.70. The number of rotatable bonds is 5. The molecule has 0 saturated carbocycles. The van der Waals surface area contributed by atoms with Crippen molar-refractivity contribution in [1.82, 2.24) is 25.2 Å². The minimum absolute atomic E-state index is 0.0557. The molecule has 0 aliphatic carbocycles. The van der Waals surface area contributed by atoms with E-state index in [-0.39, 0.29) is 6.04 Å². The minimum atomic E-state index is 0.0557. The molecule has 6 heteroatoms. The summed E-state index contributed by atoms with van der Waals surface area (Å²) in [4.78, 5) is 8.05. The quantitative estimate of drug-likeness (QED) is 0.618. The van der Waals surface area contributed by atoms with Gasteiger partial charge in [-0.25, -0.2) is 9.97 Å². The normalized spacial score (nSPS) is 12.6. The van der Waals surface area contributed by atoms with Crippen LogP contribution in [0, 0.1) is 13.8 Å². The monoisotopic (exact) mass is 260 g/mol. The maximum atomic E-state index is 5.62. The van der Waals surface area contributed by atoms with Gasteiger partial charge in [0.2, 0.25) is 0 Å². The molecule has 0 saturated heterocycles. The first-order chi connectivity index (χ1) is 9.13. The van der Waals surface area contributed by atoms with Crippen LogP contribution in [0.1, 0.15) is 35.0 Å². The van der Waals surface area contributed by atoms with Gasteiger partial charge in [0.05, 0.1) is 5.69 Å². The zero-order valence-electron chi connectivity index (χ0n) is 11.6. The van der Waals surface area contributed by atoms with Gasteiger partial charge < -0.3 is 0 Å². The summed E-state index contributed by atoms with van der Waals surface area (Å²) in [5.74, 6) is 5.62. The van der Waals surface area contributed by atoms with Gasteiger partial charge in [-0.05, 0) is 32.3 Å². The summed E-state index contributed by atoms with van der Waals surface area (Å²) in [5.41, 5.74) is 7.41. The van der Waals surface area contributed by atoms with E-state index >= 15 is 0 Å². The maximum Gasteiger partial charge on any atom is 0.115 e. The average Bonchev–Trinajstić information content (AvgIpc) is 2.66. The SMILES string of the molecule is Cc1nn(C)c(C)c1CCC(NN)c1cncnc1. The Morgan fingerprint density at radius 3 is 2.53 bits per heavy atom. The predicted molar refractivity (Wildman–Crippen MR) is 73.1 cm³/mol. The number of nitrogens with two attached hydrogens (primary N) is 1. The molecule has 0 aliphatic rings. The molecule has 102 valence electrons. The van der Waals surface area contributed by atoms with Crippen LogP contribution < -0.4 is 11.3 Å². The molecule has 0 aliphatic heterocycles. The van der Waals surface area contributed by atoms with Crippen LogP contribution in [-0.4, -0.2) is 19.7 Å². The molecule has 0 radical (unpaired) electrons. The van der Waals surface area contributed by atoms with Crippen molar-refractivity contribution in [3.05, 3.63) is 41.2 Å². The molecule has 2 rings (SSSR count). The number of hydrogen-bond donors (Lipinski definition) is 2. The fraction of sp³-hybridized carbons (Fsp3) is 0.462. The first-order valence-electron chi connectivity index (χ1n) is 6.33. The Hall–Kier alpha value is -1.79. The van der Waals surface area contributed by atoms with E-state index in [2.05, 4.69) is 27.4 Å². The van der Waals surface area contributed by atoms with E-state index in [0.717, 1.165) is 24.1 Å². The Kier molecular flexibility index (Phi) is 4.24. The summed E-state index contributed by atoms with van der Waals surface area (Å²) in [5, 5.41) is 4.43. The van der Waals surface area contributed by atoms with E-state index in [1.807, 2.05) is 18.7 Å². The van der Waals surface area contributed by atoms with Gasteiger partial charge in [0.15, 0.2) is 0 Å². The van der Waals surface area contributed by atoms with Gasteiger partial charge in [0, 0.05) is 36.7 Å². The number of nitrogens with zero attached hydrogens (tertiary/aromatic N) is 4. The van der Waals surface area contributed by atoms with Crippen molar-refractivity contribution < 1.29 is 0 Å². The van der Waals surface area contributed by atoms with Gasteiger partial charge in [-0.15, -0.1) is 0 Å². The van der Waals surface area contributed by atoms with Crippen LogP contribution in [-0.2, 0) is 13.5 Å². The largest absolute Gasteiger partial charge is 0.272 e. The van der Waals surface area contributed by atoms with Gasteiger partial charge in [-0.2, -0.15) is 5.10 Å². The van der Waals surface area contributed by atoms with Crippen LogP contribution in [0.25, 0.3) is 0 Å². The van der Waals surface area contributed by atoms with Gasteiger partial charge in [0.25, 0.3) is 0 Å². The highest BCUT2D eigenvalue weighted by Crippen LogP contribution is 2.20. The number of nitrogens with one attached hydrogen (secondary N) is 1. The summed E-state index contributed by atoms with van der Waals surface area (Å²) < 4.78 is 1.92. The highest BCUT2D eigenvalue weighted by atomic mass is 15.3. The van der Waals surface area contributed by atoms with Crippen molar-refractivity contribution in [1.29, 1.82) is 0 Å². The smallest absolute Gasteiger partial charge is 0.115 e. The molecule has 2 aromatic rings. The molecule has 1 atom stereocenters. The molecule has 3 N–H and O–H groups in total. The molecule has 19 heavy (non-hydrogen) atoms. The molecule has 6 nitrogen and oxygen atoms in total. The van der Waals surface area contributed by atoms with Crippen molar-refractivity contribution >= 4 is 0 Å². The number of aryl methyl sites for hydroxylation is 2. The van der Waals surface area contributed by atoms with E-state index in [4.69, 9.17) is 5.84 Å². The van der Waals surface area contributed by atoms with Crippen LogP contribution in [0.15, 0.2) is 18.7 Å². The van der Waals surface area contributed by atoms with Crippen molar-refractivity contribution in [2.75, 3.05) is 0 Å². The van der Waals surface area contributed by atoms with E-state index in [9.17, 15) is 0 Å². The highest BCUT2D eigenvalue weighted by Gasteiger charge is 2.14. The molecule has 0 aromatic carbocycles. The Morgan fingerprint density at radius 1 is 1.32 bits per heavy atom. The van der Waals surface area contributed by atoms with Gasteiger partial charge in [0.1, 0.15) is 6.33 Å². The lowest BCUT2D eigenvalue weighted by Crippen LogP contribution is -2.28. The molecular formula is C13H20N6. The molecule has 0 amide bonds. The van der Waals surface area contributed by atoms with Crippen LogP contribution in [0.3, 0.4) is 0 Å². The maximum absolute atomic E-state index is 5.62. The van der Waals surface area contributed by atoms with Crippen LogP contribution in [0.5, 0.6) is 0 Å². The lowest BCUT2D eigenvalue weighted by molar-refractivity contribution is 0.512. The van der Waals surface area contributed by atoms with Crippen molar-refractivity contribution in [3.63, 3.8) is 0 Å². The Labute approximate surface area is 113 Å². The zero-order chi connectivity index (χ0) is 13.8. The van der Waals surface area contributed by atoms with Crippen molar-refractivity contribution in [3.8, 4) is 0 Å². The third kappa shape index (κ3) is 2.97. The molecular weight excluding hydrogens is 240 g/mol. The number of aromatic nitrogens is 4. The summed E-state index contributed by atoms with van der Waals surface area (Å²) in [7, 11) is 1.97. The molecule has 2 heterocycles. The van der Waals surface area contributed by atoms with Gasteiger partial charge in [-0.3, -0.25) is 16.0 Å². The fourth-order valence-electron chi connectivity index (χ4n) is 2.30. The highest BCUT2D eigenvalue weighted by molar-refractivity contribution is 5.25. The Morgan fingerprint density at radius 2 is 2.00 bits per heavy atom. The van der Waals surface area contributed by atoms with Crippen molar-refractivity contribution in [2.45, 2.75) is 32.7 Å². The third-order valence-corrected chi connectivity index (χ3v) is 3.53. The fourth-order valence-corrected chi connectivity index (χ4v) is 2.30. The van der Waals surface area contributed by atoms with Crippen LogP contribution in [0.2, 0.25) is 0 Å². The van der Waals surface area contributed by atoms with Gasteiger partial charge >= 0.3 is 0 Å². The van der Waals surface area contributed by atoms with Crippen LogP contribution in [0.4, 0.5) is 0 Å². The number of hydrazine groups is 1. The molecule has 2 aromatic heterocycles. The Bertz CT molecular complexity index is 534. The summed E-state index contributed by atoms with van der Waals surface area (Å²) in [6, 6.07) is 0.0557. The lowest BCUT2D eigenvalue weighted by Gasteiger charge is -2.15. The predicted octanol–water partition coefficient (Wildman–Crippen LogP) is 0.964. The molecule has 0 spiro atoms. The van der Waals surface area contributed by atoms with Crippen molar-refractivity contribution in [2.24, 2.45) is 12.9 Å². The molecule has 0 bridgehead atoms. The summed E-state index contributed by atoms with van der Waals surface area (Å²) in [6.45, 7) is 4.13. The zero-order valence-corrected chi connectivity index (χ0v) is 11.6. The summed E-state index contributed by atoms with van der Waals surface area (Å²) in [6.07, 6.45) is 6.92. The van der Waals surface area contributed by atoms with Crippen LogP contribution >= 0.6 is 0 Å². The Balaban J connectivity index is 2.08. The second kappa shape index (κ2) is 5.90. The average molecular weight is 260 g/mol. The standard InChI is InChI=1S/C13H20N6/c1-9-12(10(2)19(3)18-9)4-5-13(17-14)11-6-15-8-16-7-11/h6-8,13,17H,4-5,14H2,1-3H3. The first kappa shape index (κ1) is 13.6.